The predicted molar refractivity (Wildman–Crippen MR) is 78.0 cm³/mol. The molecule has 0 radical (unpaired) electrons. The molecule has 0 amide bonds. The van der Waals surface area contributed by atoms with Crippen molar-refractivity contribution in [3.8, 4) is 0 Å². The Balaban J connectivity index is 1.99. The van der Waals surface area contributed by atoms with Crippen molar-refractivity contribution in [2.24, 2.45) is 10.7 Å². The third-order valence-corrected chi connectivity index (χ3v) is 4.13. The fraction of sp³-hybridized carbons (Fsp3) is 0.615. The molecule has 1 atom stereocenters. The van der Waals surface area contributed by atoms with Gasteiger partial charge in [-0.2, -0.15) is 11.3 Å². The molecule has 1 aromatic rings. The van der Waals surface area contributed by atoms with Crippen molar-refractivity contribution in [2.75, 3.05) is 27.7 Å². The Morgan fingerprint density at radius 1 is 1.50 bits per heavy atom. The van der Waals surface area contributed by atoms with Gasteiger partial charge in [-0.1, -0.05) is 0 Å². The lowest BCUT2D eigenvalue weighted by Gasteiger charge is -2.23. The molecule has 0 bridgehead atoms. The van der Waals surface area contributed by atoms with Crippen LogP contribution in [0, 0.1) is 0 Å². The molecule has 1 aliphatic carbocycles. The van der Waals surface area contributed by atoms with Crippen molar-refractivity contribution in [3.63, 3.8) is 0 Å². The Labute approximate surface area is 113 Å². The van der Waals surface area contributed by atoms with Crippen LogP contribution in [0.4, 0.5) is 0 Å². The highest BCUT2D eigenvalue weighted by atomic mass is 32.1. The first-order valence-corrected chi connectivity index (χ1v) is 7.25. The fourth-order valence-corrected chi connectivity index (χ4v) is 2.68. The highest BCUT2D eigenvalue weighted by molar-refractivity contribution is 7.07. The number of hydrogen-bond donors (Lipinski definition) is 1. The number of rotatable bonds is 5. The van der Waals surface area contributed by atoms with E-state index in [2.05, 4.69) is 45.7 Å². The summed E-state index contributed by atoms with van der Waals surface area (Å²) in [5.41, 5.74) is 7.34. The molecule has 0 aliphatic heterocycles. The first-order chi connectivity index (χ1) is 8.59. The van der Waals surface area contributed by atoms with Crippen molar-refractivity contribution in [1.29, 1.82) is 0 Å². The van der Waals surface area contributed by atoms with Crippen molar-refractivity contribution in [1.82, 2.24) is 9.80 Å². The van der Waals surface area contributed by atoms with E-state index in [9.17, 15) is 0 Å². The molecule has 1 saturated carbocycles. The first-order valence-electron chi connectivity index (χ1n) is 6.31. The van der Waals surface area contributed by atoms with Crippen molar-refractivity contribution in [3.05, 3.63) is 22.4 Å². The van der Waals surface area contributed by atoms with E-state index in [0.29, 0.717) is 24.6 Å². The zero-order valence-corrected chi connectivity index (χ0v) is 12.2. The molecule has 1 aromatic heterocycles. The van der Waals surface area contributed by atoms with Crippen molar-refractivity contribution < 1.29 is 0 Å². The largest absolute Gasteiger partial charge is 0.370 e. The van der Waals surface area contributed by atoms with Crippen LogP contribution in [0.15, 0.2) is 21.8 Å². The molecule has 100 valence electrons. The standard InChI is InChI=1S/C13H22N4S/c1-16(2)12(10-6-7-18-9-10)8-15-13(14)17(3)11-4-5-11/h6-7,9,11-12H,4-5,8H2,1-3H3,(H2,14,15). The second-order valence-electron chi connectivity index (χ2n) is 5.08. The summed E-state index contributed by atoms with van der Waals surface area (Å²) < 4.78 is 0. The topological polar surface area (TPSA) is 44.9 Å². The van der Waals surface area contributed by atoms with E-state index in [4.69, 9.17) is 5.73 Å². The Morgan fingerprint density at radius 2 is 2.22 bits per heavy atom. The van der Waals surface area contributed by atoms with Gasteiger partial charge in [0.1, 0.15) is 0 Å². The lowest BCUT2D eigenvalue weighted by Crippen LogP contribution is -2.36. The molecule has 0 saturated heterocycles. The van der Waals surface area contributed by atoms with Gasteiger partial charge < -0.3 is 15.5 Å². The number of hydrogen-bond acceptors (Lipinski definition) is 3. The second kappa shape index (κ2) is 5.71. The maximum absolute atomic E-state index is 6.02. The number of aliphatic imine (C=N–C) groups is 1. The van der Waals surface area contributed by atoms with Gasteiger partial charge in [0.15, 0.2) is 5.96 Å². The SMILES string of the molecule is CN(C)C(CN=C(N)N(C)C1CC1)c1ccsc1. The average molecular weight is 266 g/mol. The maximum Gasteiger partial charge on any atom is 0.191 e. The molecule has 18 heavy (non-hydrogen) atoms. The molecule has 4 nitrogen and oxygen atoms in total. The quantitative estimate of drug-likeness (QED) is 0.652. The summed E-state index contributed by atoms with van der Waals surface area (Å²) in [6.45, 7) is 0.715. The molecular weight excluding hydrogens is 244 g/mol. The van der Waals surface area contributed by atoms with Crippen LogP contribution < -0.4 is 5.73 Å². The van der Waals surface area contributed by atoms with Crippen LogP contribution in [0.3, 0.4) is 0 Å². The third kappa shape index (κ3) is 3.23. The Kier molecular flexibility index (Phi) is 4.24. The molecule has 0 aromatic carbocycles. The molecule has 1 aliphatic rings. The molecule has 1 unspecified atom stereocenters. The first kappa shape index (κ1) is 13.4. The van der Waals surface area contributed by atoms with Crippen LogP contribution in [0.25, 0.3) is 0 Å². The van der Waals surface area contributed by atoms with Crippen LogP contribution in [-0.4, -0.2) is 49.5 Å². The summed E-state index contributed by atoms with van der Waals surface area (Å²) in [6.07, 6.45) is 2.49. The van der Waals surface area contributed by atoms with E-state index in [1.54, 1.807) is 11.3 Å². The Morgan fingerprint density at radius 3 is 2.72 bits per heavy atom. The van der Waals surface area contributed by atoms with Crippen molar-refractivity contribution in [2.45, 2.75) is 24.9 Å². The monoisotopic (exact) mass is 266 g/mol. The zero-order chi connectivity index (χ0) is 13.1. The summed E-state index contributed by atoms with van der Waals surface area (Å²) in [5, 5.41) is 4.29. The summed E-state index contributed by atoms with van der Waals surface area (Å²) in [7, 11) is 6.20. The molecular formula is C13H22N4S. The molecule has 1 heterocycles. The van der Waals surface area contributed by atoms with Crippen LogP contribution in [0.1, 0.15) is 24.4 Å². The van der Waals surface area contributed by atoms with Crippen LogP contribution in [0.5, 0.6) is 0 Å². The Hall–Kier alpha value is -1.07. The number of nitrogens with two attached hydrogens (primary N) is 1. The van der Waals surface area contributed by atoms with Gasteiger partial charge in [0.25, 0.3) is 0 Å². The number of thiophene rings is 1. The molecule has 1 fully saturated rings. The van der Waals surface area contributed by atoms with Gasteiger partial charge in [-0.3, -0.25) is 4.99 Å². The van der Waals surface area contributed by atoms with Crippen LogP contribution in [0.2, 0.25) is 0 Å². The summed E-state index contributed by atoms with van der Waals surface area (Å²) in [5.74, 6) is 0.666. The highest BCUT2D eigenvalue weighted by Crippen LogP contribution is 2.25. The lowest BCUT2D eigenvalue weighted by atomic mass is 10.1. The van der Waals surface area contributed by atoms with Gasteiger partial charge in [-0.05, 0) is 49.3 Å². The van der Waals surface area contributed by atoms with E-state index in [1.165, 1.54) is 18.4 Å². The summed E-state index contributed by atoms with van der Waals surface area (Å²) in [4.78, 5) is 8.83. The Bertz CT molecular complexity index is 395. The predicted octanol–water partition coefficient (Wildman–Crippen LogP) is 1.76. The fourth-order valence-electron chi connectivity index (χ4n) is 1.97. The number of guanidine groups is 1. The van der Waals surface area contributed by atoms with E-state index in [-0.39, 0.29) is 0 Å². The summed E-state index contributed by atoms with van der Waals surface area (Å²) >= 11 is 1.72. The summed E-state index contributed by atoms with van der Waals surface area (Å²) in [6, 6.07) is 3.08. The van der Waals surface area contributed by atoms with Crippen molar-refractivity contribution >= 4 is 17.3 Å². The minimum atomic E-state index is 0.308. The smallest absolute Gasteiger partial charge is 0.191 e. The average Bonchev–Trinajstić information content (AvgIpc) is 3.05. The molecule has 5 heteroatoms. The zero-order valence-electron chi connectivity index (χ0n) is 11.3. The van der Waals surface area contributed by atoms with Crippen LogP contribution >= 0.6 is 11.3 Å². The minimum absolute atomic E-state index is 0.308. The minimum Gasteiger partial charge on any atom is -0.370 e. The van der Waals surface area contributed by atoms with E-state index >= 15 is 0 Å². The lowest BCUT2D eigenvalue weighted by molar-refractivity contribution is 0.306. The van der Waals surface area contributed by atoms with Gasteiger partial charge in [0.05, 0.1) is 12.6 Å². The molecule has 2 rings (SSSR count). The van der Waals surface area contributed by atoms with Gasteiger partial charge in [-0.15, -0.1) is 0 Å². The van der Waals surface area contributed by atoms with Gasteiger partial charge in [0.2, 0.25) is 0 Å². The van der Waals surface area contributed by atoms with E-state index < -0.39 is 0 Å². The molecule has 2 N–H and O–H groups in total. The van der Waals surface area contributed by atoms with Gasteiger partial charge in [-0.25, -0.2) is 0 Å². The second-order valence-corrected chi connectivity index (χ2v) is 5.86. The van der Waals surface area contributed by atoms with Crippen LogP contribution in [-0.2, 0) is 0 Å². The van der Waals surface area contributed by atoms with E-state index in [0.717, 1.165) is 0 Å². The highest BCUT2D eigenvalue weighted by Gasteiger charge is 2.27. The molecule has 0 spiro atoms. The number of nitrogens with zero attached hydrogens (tertiary/aromatic N) is 3. The maximum atomic E-state index is 6.02. The number of likely N-dealkylation sites (N-methyl/N-ethyl adjacent to an activating group) is 1. The van der Waals surface area contributed by atoms with E-state index in [1.807, 2.05) is 7.05 Å². The van der Waals surface area contributed by atoms with Gasteiger partial charge in [0, 0.05) is 13.1 Å². The van der Waals surface area contributed by atoms with Gasteiger partial charge >= 0.3 is 0 Å². The third-order valence-electron chi connectivity index (χ3n) is 3.43. The normalized spacial score (nSPS) is 18.1.